The lowest BCUT2D eigenvalue weighted by atomic mass is 9.71. The Labute approximate surface area is 221 Å². The molecule has 9 N–H and O–H groups in total. The smallest absolute Gasteiger partial charge is 0.202 e. The highest BCUT2D eigenvalue weighted by Crippen LogP contribution is 2.52. The number of phenolic OH excluding ortho intramolecular Hbond substituents is 2. The van der Waals surface area contributed by atoms with Crippen molar-refractivity contribution in [3.8, 4) is 17.2 Å². The molecule has 4 atom stereocenters. The fourth-order valence-electron chi connectivity index (χ4n) is 5.45. The second-order valence-electron chi connectivity index (χ2n) is 9.60. The molecule has 206 valence electrons. The second kappa shape index (κ2) is 9.54. The molecule has 0 bridgehead atoms. The normalized spacial score (nSPS) is 26.2. The van der Waals surface area contributed by atoms with Crippen molar-refractivity contribution in [3.63, 3.8) is 0 Å². The van der Waals surface area contributed by atoms with Gasteiger partial charge in [0, 0.05) is 36.0 Å². The third-order valence-electron chi connectivity index (χ3n) is 7.40. The van der Waals surface area contributed by atoms with E-state index in [2.05, 4.69) is 5.10 Å². The van der Waals surface area contributed by atoms with Crippen molar-refractivity contribution in [2.24, 2.45) is 16.7 Å². The van der Waals surface area contributed by atoms with E-state index < -0.39 is 71.3 Å². The molecule has 0 aromatic heterocycles. The number of hydrogen-bond acceptors (Lipinski definition) is 13. The van der Waals surface area contributed by atoms with E-state index >= 15 is 0 Å². The van der Waals surface area contributed by atoms with Crippen LogP contribution in [0.25, 0.3) is 0 Å². The molecule has 1 heterocycles. The number of phenols is 2. The Kier molecular flexibility index (Phi) is 6.47. The molecule has 0 amide bonds. The molecule has 0 saturated heterocycles. The van der Waals surface area contributed by atoms with Gasteiger partial charge in [0.1, 0.15) is 34.9 Å². The van der Waals surface area contributed by atoms with Crippen molar-refractivity contribution in [1.29, 1.82) is 0 Å². The molecular weight excluding hydrogens is 514 g/mol. The molecule has 0 fully saturated rings. The molecule has 2 unspecified atom stereocenters. The van der Waals surface area contributed by atoms with Gasteiger partial charge in [-0.05, 0) is 6.07 Å². The predicted octanol–water partition coefficient (Wildman–Crippen LogP) is 0.397. The molecule has 2 aliphatic carbocycles. The molecule has 3 aliphatic rings. The zero-order valence-electron chi connectivity index (χ0n) is 20.7. The molecule has 2 aromatic carbocycles. The van der Waals surface area contributed by atoms with E-state index in [4.69, 9.17) is 25.8 Å². The van der Waals surface area contributed by atoms with Gasteiger partial charge in [0.25, 0.3) is 0 Å². The van der Waals surface area contributed by atoms with Gasteiger partial charge in [0.2, 0.25) is 12.1 Å². The third kappa shape index (κ3) is 3.98. The summed E-state index contributed by atoms with van der Waals surface area (Å²) in [6, 6.07) is 3.58. The van der Waals surface area contributed by atoms with Crippen LogP contribution in [0.15, 0.2) is 35.3 Å². The largest absolute Gasteiger partial charge is 0.507 e. The van der Waals surface area contributed by atoms with Crippen LogP contribution in [0.1, 0.15) is 61.9 Å². The quantitative estimate of drug-likeness (QED) is 0.101. The van der Waals surface area contributed by atoms with Crippen LogP contribution in [0, 0.1) is 0 Å². The number of carbonyl (C=O) groups is 2. The van der Waals surface area contributed by atoms with Crippen LogP contribution in [0.2, 0.25) is 0 Å². The number of aromatic hydroxyl groups is 2. The highest BCUT2D eigenvalue weighted by Gasteiger charge is 2.49. The van der Waals surface area contributed by atoms with Crippen LogP contribution in [0.4, 0.5) is 0 Å². The van der Waals surface area contributed by atoms with Gasteiger partial charge in [-0.3, -0.25) is 9.59 Å². The van der Waals surface area contributed by atoms with E-state index in [0.717, 1.165) is 6.26 Å². The van der Waals surface area contributed by atoms with Gasteiger partial charge in [-0.15, -0.1) is 0 Å². The maximum Gasteiger partial charge on any atom is 0.202 e. The molecule has 13 heteroatoms. The van der Waals surface area contributed by atoms with Gasteiger partial charge in [-0.25, -0.2) is 0 Å². The average molecular weight is 542 g/mol. The molecule has 2 aromatic rings. The van der Waals surface area contributed by atoms with Crippen molar-refractivity contribution >= 4 is 17.3 Å². The minimum Gasteiger partial charge on any atom is -0.507 e. The number of fused-ring (bicyclic) bond motifs is 3. The van der Waals surface area contributed by atoms with Crippen molar-refractivity contribution < 1.29 is 49.3 Å². The summed E-state index contributed by atoms with van der Waals surface area (Å²) in [5.41, 5.74) is 2.50. The number of aliphatic hydroxyl groups is 3. The Morgan fingerprint density at radius 3 is 2.51 bits per heavy atom. The van der Waals surface area contributed by atoms with Crippen molar-refractivity contribution in [1.82, 2.24) is 0 Å². The first-order chi connectivity index (χ1) is 18.6. The van der Waals surface area contributed by atoms with E-state index in [9.17, 15) is 35.1 Å². The van der Waals surface area contributed by atoms with Gasteiger partial charge in [-0.2, -0.15) is 5.10 Å². The molecule has 0 spiro atoms. The number of aliphatic hydroxyl groups excluding tert-OH is 2. The minimum atomic E-state index is -1.98. The summed E-state index contributed by atoms with van der Waals surface area (Å²) in [6.45, 7) is -0.737. The Bertz CT molecular complexity index is 1450. The second-order valence-corrected chi connectivity index (χ2v) is 9.60. The van der Waals surface area contributed by atoms with E-state index in [1.54, 1.807) is 0 Å². The lowest BCUT2D eigenvalue weighted by Crippen LogP contribution is -2.48. The highest BCUT2D eigenvalue weighted by atomic mass is 16.7. The standard InChI is InChI=1S/C26H27N3O10/c1-37-14-4-2-3-10-18(14)24(34)21-20(22(10)32)23(33)11-6-26(36,16(8-30)29-28)7-15(19(11)25(21)35)39-17-5-12(27)13(31)9-38-17/h2-4,9,12,15,17,30-31,33,35-36H,5-8,27-28H2,1H3/b29-16+/t12?,15-,17?,26-/m0/s1. The van der Waals surface area contributed by atoms with Crippen LogP contribution in [0.5, 0.6) is 17.2 Å². The van der Waals surface area contributed by atoms with Crippen LogP contribution >= 0.6 is 0 Å². The van der Waals surface area contributed by atoms with E-state index in [1.165, 1.54) is 25.3 Å². The molecule has 0 radical (unpaired) electrons. The van der Waals surface area contributed by atoms with Crippen molar-refractivity contribution in [2.45, 2.75) is 43.3 Å². The Balaban J connectivity index is 1.71. The van der Waals surface area contributed by atoms with E-state index in [0.29, 0.717) is 0 Å². The highest BCUT2D eigenvalue weighted by molar-refractivity contribution is 6.31. The number of carbonyl (C=O) groups excluding carboxylic acids is 2. The van der Waals surface area contributed by atoms with Crippen LogP contribution in [-0.4, -0.2) is 74.5 Å². The van der Waals surface area contributed by atoms with Gasteiger partial charge >= 0.3 is 0 Å². The number of ketones is 2. The summed E-state index contributed by atoms with van der Waals surface area (Å²) in [6.07, 6.45) is -2.11. The first-order valence-electron chi connectivity index (χ1n) is 12.0. The molecule has 0 saturated carbocycles. The molecule has 5 rings (SSSR count). The van der Waals surface area contributed by atoms with Crippen LogP contribution in [-0.2, 0) is 15.9 Å². The summed E-state index contributed by atoms with van der Waals surface area (Å²) in [5.74, 6) is 2.54. The van der Waals surface area contributed by atoms with Gasteiger partial charge in [0.05, 0.1) is 48.3 Å². The van der Waals surface area contributed by atoms with Crippen LogP contribution < -0.4 is 16.3 Å². The summed E-state index contributed by atoms with van der Waals surface area (Å²) in [7, 11) is 1.33. The third-order valence-corrected chi connectivity index (χ3v) is 7.40. The average Bonchev–Trinajstić information content (AvgIpc) is 2.91. The molecular formula is C26H27N3O10. The summed E-state index contributed by atoms with van der Waals surface area (Å²) < 4.78 is 16.7. The monoisotopic (exact) mass is 541 g/mol. The first-order valence-corrected chi connectivity index (χ1v) is 12.0. The lowest BCUT2D eigenvalue weighted by Gasteiger charge is -2.41. The Morgan fingerprint density at radius 1 is 1.15 bits per heavy atom. The van der Waals surface area contributed by atoms with E-state index in [-0.39, 0.29) is 52.3 Å². The topological polar surface area (TPSA) is 227 Å². The maximum absolute atomic E-state index is 13.7. The molecule has 39 heavy (non-hydrogen) atoms. The molecule has 13 nitrogen and oxygen atoms in total. The summed E-state index contributed by atoms with van der Waals surface area (Å²) in [5, 5.41) is 57.5. The number of nitrogens with zero attached hydrogens (tertiary/aromatic N) is 1. The lowest BCUT2D eigenvalue weighted by molar-refractivity contribution is -0.170. The first kappa shape index (κ1) is 26.4. The molecule has 1 aliphatic heterocycles. The Hall–Kier alpha value is -4.17. The van der Waals surface area contributed by atoms with Crippen molar-refractivity contribution in [3.05, 3.63) is 63.6 Å². The zero-order valence-corrected chi connectivity index (χ0v) is 20.7. The fraction of sp³-hybridized carbons (Fsp3) is 0.346. The number of hydrazone groups is 1. The van der Waals surface area contributed by atoms with Gasteiger partial charge in [0.15, 0.2) is 5.78 Å². The van der Waals surface area contributed by atoms with Gasteiger partial charge < -0.3 is 51.3 Å². The number of rotatable bonds is 5. The number of hydrogen-bond donors (Lipinski definition) is 7. The fourth-order valence-corrected chi connectivity index (χ4v) is 5.45. The van der Waals surface area contributed by atoms with E-state index in [1.807, 2.05) is 0 Å². The predicted molar refractivity (Wildman–Crippen MR) is 134 cm³/mol. The Morgan fingerprint density at radius 2 is 1.87 bits per heavy atom. The maximum atomic E-state index is 13.7. The van der Waals surface area contributed by atoms with Gasteiger partial charge in [-0.1, -0.05) is 12.1 Å². The number of nitrogens with two attached hydrogens (primary N) is 2. The number of ether oxygens (including phenoxy) is 3. The summed E-state index contributed by atoms with van der Waals surface area (Å²) >= 11 is 0. The van der Waals surface area contributed by atoms with Crippen LogP contribution in [0.3, 0.4) is 0 Å². The zero-order chi connectivity index (χ0) is 28.2. The van der Waals surface area contributed by atoms with Crippen molar-refractivity contribution in [2.75, 3.05) is 13.7 Å². The summed E-state index contributed by atoms with van der Waals surface area (Å²) in [4.78, 5) is 27.2. The number of benzene rings is 2. The SMILES string of the molecule is COc1cccc2c1C(=O)c1c(O)c3c(c(O)c1C2=O)C[C@@](O)(/C(CO)=N/N)C[C@@H]3OC1CC(N)C(O)=CO1. The number of methoxy groups -OCH3 is 1. The minimum absolute atomic E-state index is 0.00982.